The summed E-state index contributed by atoms with van der Waals surface area (Å²) in [6, 6.07) is 6.00. The third-order valence-corrected chi connectivity index (χ3v) is 5.81. The topological polar surface area (TPSA) is 92.9 Å². The van der Waals surface area contributed by atoms with Gasteiger partial charge >= 0.3 is 0 Å². The molecule has 1 unspecified atom stereocenters. The van der Waals surface area contributed by atoms with Gasteiger partial charge in [0, 0.05) is 42.2 Å². The Balaban J connectivity index is 1.42. The molecule has 2 fully saturated rings. The minimum absolute atomic E-state index is 0.0493. The van der Waals surface area contributed by atoms with Gasteiger partial charge in [-0.2, -0.15) is 4.98 Å². The summed E-state index contributed by atoms with van der Waals surface area (Å²) in [4.78, 5) is 20.5. The third-order valence-electron chi connectivity index (χ3n) is 5.81. The summed E-state index contributed by atoms with van der Waals surface area (Å²) in [6.07, 6.45) is 7.77. The van der Waals surface area contributed by atoms with Crippen molar-refractivity contribution in [3.05, 3.63) is 48.0 Å². The number of anilines is 1. The van der Waals surface area contributed by atoms with E-state index in [9.17, 15) is 0 Å². The van der Waals surface area contributed by atoms with Crippen molar-refractivity contribution in [3.63, 3.8) is 0 Å². The van der Waals surface area contributed by atoms with Crippen LogP contribution in [0.25, 0.3) is 11.4 Å². The quantitative estimate of drug-likeness (QED) is 0.725. The number of aromatic nitrogens is 5. The molecule has 2 aliphatic heterocycles. The highest BCUT2D eigenvalue weighted by atomic mass is 16.5. The van der Waals surface area contributed by atoms with E-state index in [4.69, 9.17) is 14.5 Å². The number of hydrogen-bond donors (Lipinski definition) is 1. The lowest BCUT2D eigenvalue weighted by Gasteiger charge is -2.26. The van der Waals surface area contributed by atoms with Crippen molar-refractivity contribution in [2.24, 2.45) is 0 Å². The second-order valence-electron chi connectivity index (χ2n) is 7.77. The molecule has 0 saturated carbocycles. The number of aryl methyl sites for hydroxylation is 1. The van der Waals surface area contributed by atoms with Gasteiger partial charge in [-0.3, -0.25) is 4.98 Å². The standard InChI is InChI=1S/C21H25N7O/c1-14-24-17(15-4-8-22-9-5-15)13-19(25-14)28-12-2-3-18(28)21-26-20(27-29-21)16-6-10-23-11-7-16/h6-7,10-11,13,15,18,22H,2-5,8-9,12H2,1H3. The van der Waals surface area contributed by atoms with E-state index in [-0.39, 0.29) is 6.04 Å². The molecular formula is C21H25N7O. The maximum Gasteiger partial charge on any atom is 0.249 e. The van der Waals surface area contributed by atoms with E-state index in [0.717, 1.165) is 68.2 Å². The molecule has 2 aliphatic rings. The van der Waals surface area contributed by atoms with Gasteiger partial charge in [-0.1, -0.05) is 5.16 Å². The smallest absolute Gasteiger partial charge is 0.249 e. The van der Waals surface area contributed by atoms with Crippen LogP contribution < -0.4 is 10.2 Å². The Labute approximate surface area is 169 Å². The molecule has 1 atom stereocenters. The Bertz CT molecular complexity index is 968. The van der Waals surface area contributed by atoms with Gasteiger partial charge in [-0.25, -0.2) is 9.97 Å². The molecule has 1 N–H and O–H groups in total. The van der Waals surface area contributed by atoms with Crippen LogP contribution in [0.3, 0.4) is 0 Å². The van der Waals surface area contributed by atoms with Crippen LogP contribution in [0.1, 0.15) is 55.1 Å². The number of nitrogens with zero attached hydrogens (tertiary/aromatic N) is 6. The average Bonchev–Trinajstić information content (AvgIpc) is 3.44. The summed E-state index contributed by atoms with van der Waals surface area (Å²) in [5, 5.41) is 7.62. The number of nitrogens with one attached hydrogen (secondary N) is 1. The highest BCUT2D eigenvalue weighted by molar-refractivity contribution is 5.53. The fraction of sp³-hybridized carbons (Fsp3) is 0.476. The molecule has 3 aromatic heterocycles. The van der Waals surface area contributed by atoms with Crippen LogP contribution in [0.2, 0.25) is 0 Å². The fourth-order valence-corrected chi connectivity index (χ4v) is 4.33. The van der Waals surface area contributed by atoms with Gasteiger partial charge in [-0.05, 0) is 57.8 Å². The predicted octanol–water partition coefficient (Wildman–Crippen LogP) is 3.04. The summed E-state index contributed by atoms with van der Waals surface area (Å²) >= 11 is 0. The third kappa shape index (κ3) is 3.72. The summed E-state index contributed by atoms with van der Waals surface area (Å²) in [7, 11) is 0. The Kier molecular flexibility index (Phi) is 4.93. The molecule has 0 aliphatic carbocycles. The minimum atomic E-state index is 0.0493. The van der Waals surface area contributed by atoms with Gasteiger partial charge in [0.25, 0.3) is 0 Å². The molecule has 2 saturated heterocycles. The molecule has 0 bridgehead atoms. The summed E-state index contributed by atoms with van der Waals surface area (Å²) in [5.41, 5.74) is 2.06. The number of hydrogen-bond acceptors (Lipinski definition) is 8. The Morgan fingerprint density at radius 2 is 1.90 bits per heavy atom. The van der Waals surface area contributed by atoms with Crippen molar-refractivity contribution >= 4 is 5.82 Å². The molecule has 5 heterocycles. The first-order chi connectivity index (χ1) is 14.3. The van der Waals surface area contributed by atoms with E-state index in [1.165, 1.54) is 0 Å². The van der Waals surface area contributed by atoms with Crippen LogP contribution in [0, 0.1) is 6.92 Å². The number of piperidine rings is 1. The summed E-state index contributed by atoms with van der Waals surface area (Å²) in [5.74, 6) is 3.54. The lowest BCUT2D eigenvalue weighted by molar-refractivity contribution is 0.354. The molecule has 3 aromatic rings. The zero-order valence-corrected chi connectivity index (χ0v) is 16.6. The molecule has 8 heteroatoms. The van der Waals surface area contributed by atoms with E-state index in [1.807, 2.05) is 19.1 Å². The zero-order chi connectivity index (χ0) is 19.6. The van der Waals surface area contributed by atoms with Crippen LogP contribution in [-0.4, -0.2) is 44.7 Å². The van der Waals surface area contributed by atoms with Gasteiger partial charge in [0.05, 0.1) is 0 Å². The van der Waals surface area contributed by atoms with Crippen LogP contribution in [0.15, 0.2) is 35.1 Å². The largest absolute Gasteiger partial charge is 0.344 e. The van der Waals surface area contributed by atoms with Crippen molar-refractivity contribution < 1.29 is 4.52 Å². The van der Waals surface area contributed by atoms with Crippen molar-refractivity contribution in [2.45, 2.75) is 44.6 Å². The average molecular weight is 391 g/mol. The number of rotatable bonds is 4. The monoisotopic (exact) mass is 391 g/mol. The molecule has 5 rings (SSSR count). The predicted molar refractivity (Wildman–Crippen MR) is 108 cm³/mol. The first-order valence-electron chi connectivity index (χ1n) is 10.3. The zero-order valence-electron chi connectivity index (χ0n) is 16.6. The van der Waals surface area contributed by atoms with Crippen molar-refractivity contribution in [3.8, 4) is 11.4 Å². The van der Waals surface area contributed by atoms with Crippen LogP contribution in [0.4, 0.5) is 5.82 Å². The van der Waals surface area contributed by atoms with Gasteiger partial charge in [-0.15, -0.1) is 0 Å². The minimum Gasteiger partial charge on any atom is -0.344 e. The van der Waals surface area contributed by atoms with Crippen LogP contribution in [-0.2, 0) is 0 Å². The van der Waals surface area contributed by atoms with Gasteiger partial charge in [0.1, 0.15) is 17.7 Å². The molecule has 29 heavy (non-hydrogen) atoms. The van der Waals surface area contributed by atoms with E-state index < -0.39 is 0 Å². The highest BCUT2D eigenvalue weighted by Gasteiger charge is 2.32. The molecule has 150 valence electrons. The highest BCUT2D eigenvalue weighted by Crippen LogP contribution is 2.36. The fourth-order valence-electron chi connectivity index (χ4n) is 4.33. The van der Waals surface area contributed by atoms with Gasteiger partial charge < -0.3 is 14.7 Å². The van der Waals surface area contributed by atoms with E-state index in [2.05, 4.69) is 31.4 Å². The summed E-state index contributed by atoms with van der Waals surface area (Å²) < 4.78 is 5.66. The first kappa shape index (κ1) is 18.2. The Morgan fingerprint density at radius 1 is 1.07 bits per heavy atom. The second-order valence-corrected chi connectivity index (χ2v) is 7.77. The van der Waals surface area contributed by atoms with Gasteiger partial charge in [0.15, 0.2) is 0 Å². The molecular weight excluding hydrogens is 366 g/mol. The SMILES string of the molecule is Cc1nc(C2CCNCC2)cc(N2CCCC2c2nc(-c3ccncc3)no2)n1. The second kappa shape index (κ2) is 7.87. The lowest BCUT2D eigenvalue weighted by atomic mass is 9.94. The van der Waals surface area contributed by atoms with Crippen molar-refractivity contribution in [1.29, 1.82) is 0 Å². The van der Waals surface area contributed by atoms with Crippen LogP contribution in [0.5, 0.6) is 0 Å². The maximum absolute atomic E-state index is 5.66. The van der Waals surface area contributed by atoms with E-state index in [0.29, 0.717) is 17.6 Å². The molecule has 0 amide bonds. The lowest BCUT2D eigenvalue weighted by Crippen LogP contribution is -2.28. The van der Waals surface area contributed by atoms with E-state index in [1.54, 1.807) is 12.4 Å². The summed E-state index contributed by atoms with van der Waals surface area (Å²) in [6.45, 7) is 5.01. The first-order valence-corrected chi connectivity index (χ1v) is 10.3. The maximum atomic E-state index is 5.66. The van der Waals surface area contributed by atoms with Gasteiger partial charge in [0.2, 0.25) is 11.7 Å². The van der Waals surface area contributed by atoms with Crippen molar-refractivity contribution in [1.82, 2.24) is 30.4 Å². The normalized spacial score (nSPS) is 20.3. The van der Waals surface area contributed by atoms with Crippen molar-refractivity contribution in [2.75, 3.05) is 24.5 Å². The molecule has 8 nitrogen and oxygen atoms in total. The molecule has 0 spiro atoms. The Morgan fingerprint density at radius 3 is 2.72 bits per heavy atom. The van der Waals surface area contributed by atoms with Crippen LogP contribution >= 0.6 is 0 Å². The Hall–Kier alpha value is -2.87. The molecule has 0 aromatic carbocycles. The van der Waals surface area contributed by atoms with E-state index >= 15 is 0 Å². The number of pyridine rings is 1. The molecule has 0 radical (unpaired) electrons.